The maximum atomic E-state index is 9.01. The number of rotatable bonds is 2. The smallest absolute Gasteiger partial charge is 0.240 e. The van der Waals surface area contributed by atoms with Crippen LogP contribution in [0, 0.1) is 18.3 Å². The maximum Gasteiger partial charge on any atom is 0.240 e. The van der Waals surface area contributed by atoms with Gasteiger partial charge >= 0.3 is 0 Å². The van der Waals surface area contributed by atoms with Gasteiger partial charge in [-0.3, -0.25) is 5.43 Å². The average molecular weight is 290 g/mol. The van der Waals surface area contributed by atoms with Gasteiger partial charge in [0.05, 0.1) is 24.6 Å². The van der Waals surface area contributed by atoms with Gasteiger partial charge in [-0.15, -0.1) is 11.3 Å². The third-order valence-corrected chi connectivity index (χ3v) is 4.08. The number of hydrazine groups is 1. The van der Waals surface area contributed by atoms with Crippen LogP contribution in [0.5, 0.6) is 0 Å². The molecule has 0 spiro atoms. The lowest BCUT2D eigenvalue weighted by Gasteiger charge is -2.31. The van der Waals surface area contributed by atoms with Crippen molar-refractivity contribution < 1.29 is 4.74 Å². The van der Waals surface area contributed by atoms with Crippen molar-refractivity contribution in [2.75, 3.05) is 30.0 Å². The number of thiophene rings is 1. The largest absolute Gasteiger partial charge is 0.360 e. The summed E-state index contributed by atoms with van der Waals surface area (Å²) in [6.07, 6.45) is -0.428. The summed E-state index contributed by atoms with van der Waals surface area (Å²) in [6, 6.07) is 4.20. The van der Waals surface area contributed by atoms with Crippen molar-refractivity contribution in [3.8, 4) is 6.07 Å². The van der Waals surface area contributed by atoms with Gasteiger partial charge in [0.15, 0.2) is 6.10 Å². The van der Waals surface area contributed by atoms with Crippen LogP contribution in [0.4, 0.5) is 11.8 Å². The lowest BCUT2D eigenvalue weighted by molar-refractivity contribution is 0.0763. The minimum Gasteiger partial charge on any atom is -0.360 e. The van der Waals surface area contributed by atoms with Crippen LogP contribution in [-0.4, -0.2) is 35.8 Å². The van der Waals surface area contributed by atoms with Gasteiger partial charge in [0, 0.05) is 11.4 Å². The Balaban J connectivity index is 2.07. The molecule has 104 valence electrons. The lowest BCUT2D eigenvalue weighted by Crippen LogP contribution is -2.42. The zero-order chi connectivity index (χ0) is 14.1. The van der Waals surface area contributed by atoms with Crippen molar-refractivity contribution in [3.05, 3.63) is 10.9 Å². The van der Waals surface area contributed by atoms with Gasteiger partial charge in [0.2, 0.25) is 5.95 Å². The molecule has 1 unspecified atom stereocenters. The topological polar surface area (TPSA) is 100 Å². The molecular weight excluding hydrogens is 276 g/mol. The highest BCUT2D eigenvalue weighted by Gasteiger charge is 2.24. The number of aryl methyl sites for hydroxylation is 1. The van der Waals surface area contributed by atoms with Gasteiger partial charge < -0.3 is 9.64 Å². The molecule has 0 aliphatic carbocycles. The standard InChI is InChI=1S/C12H14N6OS/c1-7-4-9-10(15-12(17-14)16-11(9)20-7)18-2-3-19-8(5-13)6-18/h4,8H,2-3,6,14H2,1H3,(H,15,16,17). The molecule has 20 heavy (non-hydrogen) atoms. The molecule has 0 bridgehead atoms. The van der Waals surface area contributed by atoms with Crippen LogP contribution in [0.1, 0.15) is 4.88 Å². The minimum atomic E-state index is -0.428. The summed E-state index contributed by atoms with van der Waals surface area (Å²) >= 11 is 1.60. The Bertz CT molecular complexity index is 678. The summed E-state index contributed by atoms with van der Waals surface area (Å²) in [5.74, 6) is 6.62. The third-order valence-electron chi connectivity index (χ3n) is 3.13. The second-order valence-electron chi connectivity index (χ2n) is 4.53. The second kappa shape index (κ2) is 5.20. The molecule has 1 atom stereocenters. The summed E-state index contributed by atoms with van der Waals surface area (Å²) < 4.78 is 5.37. The van der Waals surface area contributed by atoms with Crippen LogP contribution in [-0.2, 0) is 4.74 Å². The number of anilines is 2. The highest BCUT2D eigenvalue weighted by atomic mass is 32.1. The van der Waals surface area contributed by atoms with Gasteiger partial charge in [-0.1, -0.05) is 0 Å². The van der Waals surface area contributed by atoms with E-state index >= 15 is 0 Å². The number of ether oxygens (including phenoxy) is 1. The number of nitrogen functional groups attached to an aromatic ring is 1. The molecule has 0 radical (unpaired) electrons. The summed E-state index contributed by atoms with van der Waals surface area (Å²) in [5.41, 5.74) is 2.49. The van der Waals surface area contributed by atoms with E-state index in [4.69, 9.17) is 15.8 Å². The number of nitrogens with one attached hydrogen (secondary N) is 1. The van der Waals surface area contributed by atoms with Crippen LogP contribution >= 0.6 is 11.3 Å². The molecule has 3 rings (SSSR count). The van der Waals surface area contributed by atoms with Gasteiger partial charge in [-0.25, -0.2) is 10.8 Å². The summed E-state index contributed by atoms with van der Waals surface area (Å²) in [7, 11) is 0. The molecule has 0 saturated carbocycles. The van der Waals surface area contributed by atoms with E-state index in [-0.39, 0.29) is 0 Å². The van der Waals surface area contributed by atoms with E-state index in [1.54, 1.807) is 11.3 Å². The van der Waals surface area contributed by atoms with Crippen LogP contribution in [0.2, 0.25) is 0 Å². The summed E-state index contributed by atoms with van der Waals surface area (Å²) in [5, 5.41) is 10.00. The summed E-state index contributed by atoms with van der Waals surface area (Å²) in [6.45, 7) is 3.74. The van der Waals surface area contributed by atoms with Crippen molar-refractivity contribution >= 4 is 33.3 Å². The zero-order valence-electron chi connectivity index (χ0n) is 11.0. The van der Waals surface area contributed by atoms with Crippen molar-refractivity contribution in [3.63, 3.8) is 0 Å². The Morgan fingerprint density at radius 1 is 1.60 bits per heavy atom. The second-order valence-corrected chi connectivity index (χ2v) is 5.76. The van der Waals surface area contributed by atoms with Crippen LogP contribution < -0.4 is 16.2 Å². The van der Waals surface area contributed by atoms with Crippen molar-refractivity contribution in [2.45, 2.75) is 13.0 Å². The summed E-state index contributed by atoms with van der Waals surface area (Å²) in [4.78, 5) is 12.9. The molecule has 2 aromatic rings. The number of nitriles is 1. The predicted octanol–water partition coefficient (Wildman–Crippen LogP) is 1.01. The minimum absolute atomic E-state index is 0.384. The zero-order valence-corrected chi connectivity index (χ0v) is 11.8. The van der Waals surface area contributed by atoms with E-state index in [2.05, 4.69) is 32.4 Å². The molecular formula is C12H14N6OS. The first-order chi connectivity index (χ1) is 9.71. The number of hydrogen-bond acceptors (Lipinski definition) is 8. The molecule has 1 saturated heterocycles. The first-order valence-corrected chi connectivity index (χ1v) is 7.04. The van der Waals surface area contributed by atoms with Crippen molar-refractivity contribution in [2.24, 2.45) is 5.84 Å². The van der Waals surface area contributed by atoms with Gasteiger partial charge in [-0.2, -0.15) is 10.2 Å². The van der Waals surface area contributed by atoms with Crippen LogP contribution in [0.25, 0.3) is 10.2 Å². The normalized spacial score (nSPS) is 19.1. The van der Waals surface area contributed by atoms with E-state index in [1.807, 2.05) is 6.92 Å². The third kappa shape index (κ3) is 2.27. The molecule has 1 aliphatic rings. The molecule has 2 aromatic heterocycles. The van der Waals surface area contributed by atoms with Gasteiger partial charge in [0.25, 0.3) is 0 Å². The molecule has 1 aliphatic heterocycles. The first kappa shape index (κ1) is 13.1. The first-order valence-electron chi connectivity index (χ1n) is 6.22. The van der Waals surface area contributed by atoms with E-state index in [0.29, 0.717) is 25.6 Å². The Kier molecular flexibility index (Phi) is 3.40. The number of aromatic nitrogens is 2. The fourth-order valence-electron chi connectivity index (χ4n) is 2.25. The Hall–Kier alpha value is -1.95. The highest BCUT2D eigenvalue weighted by molar-refractivity contribution is 7.18. The molecule has 7 nitrogen and oxygen atoms in total. The molecule has 0 amide bonds. The number of morpholine rings is 1. The molecule has 8 heteroatoms. The van der Waals surface area contributed by atoms with E-state index in [0.717, 1.165) is 20.9 Å². The number of nitrogens with zero attached hydrogens (tertiary/aromatic N) is 4. The lowest BCUT2D eigenvalue weighted by atomic mass is 10.2. The Morgan fingerprint density at radius 2 is 2.45 bits per heavy atom. The predicted molar refractivity (Wildman–Crippen MR) is 77.5 cm³/mol. The average Bonchev–Trinajstić information content (AvgIpc) is 2.86. The monoisotopic (exact) mass is 290 g/mol. The fraction of sp³-hybridized carbons (Fsp3) is 0.417. The van der Waals surface area contributed by atoms with Gasteiger partial charge in [-0.05, 0) is 13.0 Å². The highest BCUT2D eigenvalue weighted by Crippen LogP contribution is 2.32. The molecule has 3 heterocycles. The SMILES string of the molecule is Cc1cc2c(N3CCOC(C#N)C3)nc(NN)nc2s1. The van der Waals surface area contributed by atoms with Crippen molar-refractivity contribution in [1.29, 1.82) is 5.26 Å². The fourth-order valence-corrected chi connectivity index (χ4v) is 3.13. The molecule has 0 aromatic carbocycles. The van der Waals surface area contributed by atoms with Crippen molar-refractivity contribution in [1.82, 2.24) is 9.97 Å². The quantitative estimate of drug-likeness (QED) is 0.629. The van der Waals surface area contributed by atoms with Gasteiger partial charge in [0.1, 0.15) is 10.6 Å². The van der Waals surface area contributed by atoms with E-state index < -0.39 is 6.10 Å². The molecule has 1 fully saturated rings. The van der Waals surface area contributed by atoms with E-state index in [9.17, 15) is 0 Å². The Morgan fingerprint density at radius 3 is 3.20 bits per heavy atom. The van der Waals surface area contributed by atoms with Crippen LogP contribution in [0.3, 0.4) is 0 Å². The maximum absolute atomic E-state index is 9.01. The van der Waals surface area contributed by atoms with Crippen LogP contribution in [0.15, 0.2) is 6.07 Å². The Labute approximate surface area is 120 Å². The number of hydrogen-bond donors (Lipinski definition) is 2. The number of nitrogens with two attached hydrogens (primary N) is 1. The molecule has 3 N–H and O–H groups in total. The number of fused-ring (bicyclic) bond motifs is 1. The van der Waals surface area contributed by atoms with E-state index in [1.165, 1.54) is 0 Å².